The minimum Gasteiger partial charge on any atom is -0.383 e. The summed E-state index contributed by atoms with van der Waals surface area (Å²) < 4.78 is 5.05. The van der Waals surface area contributed by atoms with Crippen molar-refractivity contribution in [1.29, 1.82) is 0 Å². The van der Waals surface area contributed by atoms with Gasteiger partial charge in [-0.1, -0.05) is 12.1 Å². The SMILES string of the molecule is COCCN1CC2=C(C1=O)C(c1ccc(SC)cc1)NC(=O)N2. The Morgan fingerprint density at radius 2 is 2.04 bits per heavy atom. The fourth-order valence-corrected chi connectivity index (χ4v) is 3.26. The normalized spacial score (nSPS) is 20.4. The summed E-state index contributed by atoms with van der Waals surface area (Å²) in [4.78, 5) is 27.4. The van der Waals surface area contributed by atoms with E-state index in [1.807, 2.05) is 30.5 Å². The number of nitrogens with one attached hydrogen (secondary N) is 2. The van der Waals surface area contributed by atoms with Crippen LogP contribution < -0.4 is 10.6 Å². The Bertz CT molecular complexity index is 657. The van der Waals surface area contributed by atoms with Crippen molar-refractivity contribution in [3.05, 3.63) is 41.1 Å². The lowest BCUT2D eigenvalue weighted by Gasteiger charge is -2.25. The summed E-state index contributed by atoms with van der Waals surface area (Å²) in [6.07, 6.45) is 2.01. The number of rotatable bonds is 5. The van der Waals surface area contributed by atoms with Crippen LogP contribution in [0.25, 0.3) is 0 Å². The number of hydrogen-bond donors (Lipinski definition) is 2. The van der Waals surface area contributed by atoms with Crippen molar-refractivity contribution >= 4 is 23.7 Å². The largest absolute Gasteiger partial charge is 0.383 e. The molecule has 2 heterocycles. The van der Waals surface area contributed by atoms with E-state index in [4.69, 9.17) is 4.74 Å². The summed E-state index contributed by atoms with van der Waals surface area (Å²) in [5, 5.41) is 5.61. The van der Waals surface area contributed by atoms with Crippen LogP contribution in [0.2, 0.25) is 0 Å². The molecule has 23 heavy (non-hydrogen) atoms. The van der Waals surface area contributed by atoms with Crippen molar-refractivity contribution in [2.24, 2.45) is 0 Å². The predicted octanol–water partition coefficient (Wildman–Crippen LogP) is 1.51. The van der Waals surface area contributed by atoms with Crippen molar-refractivity contribution in [3.8, 4) is 0 Å². The van der Waals surface area contributed by atoms with E-state index in [1.54, 1.807) is 23.8 Å². The number of benzene rings is 1. The summed E-state index contributed by atoms with van der Waals surface area (Å²) in [6.45, 7) is 1.40. The second-order valence-corrected chi connectivity index (χ2v) is 6.30. The molecule has 6 nitrogen and oxygen atoms in total. The zero-order valence-electron chi connectivity index (χ0n) is 13.1. The van der Waals surface area contributed by atoms with Gasteiger partial charge in [-0.3, -0.25) is 4.79 Å². The standard InChI is InChI=1S/C16H19N3O3S/c1-22-8-7-19-9-12-13(15(19)20)14(18-16(21)17-12)10-3-5-11(23-2)6-4-10/h3-6,14H,7-9H2,1-2H3,(H2,17,18,21). The van der Waals surface area contributed by atoms with E-state index in [2.05, 4.69) is 10.6 Å². The van der Waals surface area contributed by atoms with Gasteiger partial charge in [0.05, 0.1) is 30.5 Å². The average Bonchev–Trinajstić information content (AvgIpc) is 2.88. The first-order chi connectivity index (χ1) is 11.1. The molecular formula is C16H19N3O3S. The van der Waals surface area contributed by atoms with Crippen LogP contribution >= 0.6 is 11.8 Å². The molecule has 0 spiro atoms. The fourth-order valence-electron chi connectivity index (χ4n) is 2.86. The second kappa shape index (κ2) is 6.64. The van der Waals surface area contributed by atoms with E-state index in [0.29, 0.717) is 31.0 Å². The Kier molecular flexibility index (Phi) is 4.58. The number of methoxy groups -OCH3 is 1. The van der Waals surface area contributed by atoms with Crippen LogP contribution in [0.4, 0.5) is 4.79 Å². The van der Waals surface area contributed by atoms with Gasteiger partial charge in [-0.05, 0) is 24.0 Å². The van der Waals surface area contributed by atoms with Crippen LogP contribution in [0.15, 0.2) is 40.4 Å². The molecule has 1 unspecified atom stereocenters. The topological polar surface area (TPSA) is 70.7 Å². The molecule has 0 saturated carbocycles. The number of ether oxygens (including phenoxy) is 1. The molecule has 2 N–H and O–H groups in total. The number of nitrogens with zero attached hydrogens (tertiary/aromatic N) is 1. The van der Waals surface area contributed by atoms with E-state index in [-0.39, 0.29) is 11.9 Å². The number of carbonyl (C=O) groups is 2. The van der Waals surface area contributed by atoms with E-state index in [9.17, 15) is 9.59 Å². The lowest BCUT2D eigenvalue weighted by atomic mass is 9.96. The molecule has 0 fully saturated rings. The minimum absolute atomic E-state index is 0.0523. The Morgan fingerprint density at radius 1 is 1.30 bits per heavy atom. The molecule has 0 saturated heterocycles. The highest BCUT2D eigenvalue weighted by Gasteiger charge is 2.40. The smallest absolute Gasteiger partial charge is 0.319 e. The third-order valence-electron chi connectivity index (χ3n) is 4.03. The highest BCUT2D eigenvalue weighted by molar-refractivity contribution is 7.98. The summed E-state index contributed by atoms with van der Waals surface area (Å²) in [6, 6.07) is 7.22. The first-order valence-electron chi connectivity index (χ1n) is 7.36. The van der Waals surface area contributed by atoms with Gasteiger partial charge >= 0.3 is 6.03 Å². The molecule has 1 aromatic rings. The fraction of sp³-hybridized carbons (Fsp3) is 0.375. The van der Waals surface area contributed by atoms with Crippen molar-refractivity contribution in [3.63, 3.8) is 0 Å². The molecule has 1 atom stereocenters. The molecule has 1 aromatic carbocycles. The highest BCUT2D eigenvalue weighted by atomic mass is 32.2. The first kappa shape index (κ1) is 15.9. The van der Waals surface area contributed by atoms with Crippen LogP contribution in [-0.2, 0) is 9.53 Å². The van der Waals surface area contributed by atoms with Gasteiger partial charge in [0, 0.05) is 18.6 Å². The van der Waals surface area contributed by atoms with Gasteiger partial charge < -0.3 is 20.3 Å². The van der Waals surface area contributed by atoms with Crippen molar-refractivity contribution in [1.82, 2.24) is 15.5 Å². The molecule has 2 aliphatic rings. The van der Waals surface area contributed by atoms with Gasteiger partial charge in [0.2, 0.25) is 0 Å². The minimum atomic E-state index is -0.408. The quantitative estimate of drug-likeness (QED) is 0.801. The van der Waals surface area contributed by atoms with Crippen LogP contribution in [0, 0.1) is 0 Å². The Balaban J connectivity index is 1.89. The number of carbonyl (C=O) groups excluding carboxylic acids is 2. The predicted molar refractivity (Wildman–Crippen MR) is 88.1 cm³/mol. The van der Waals surface area contributed by atoms with Crippen LogP contribution in [0.1, 0.15) is 11.6 Å². The van der Waals surface area contributed by atoms with Crippen LogP contribution in [-0.4, -0.2) is 49.9 Å². The lowest BCUT2D eigenvalue weighted by Crippen LogP contribution is -2.44. The van der Waals surface area contributed by atoms with Gasteiger partial charge in [-0.25, -0.2) is 4.79 Å². The van der Waals surface area contributed by atoms with Gasteiger partial charge in [0.15, 0.2) is 0 Å². The number of hydrogen-bond acceptors (Lipinski definition) is 4. The molecule has 7 heteroatoms. The van der Waals surface area contributed by atoms with E-state index >= 15 is 0 Å². The van der Waals surface area contributed by atoms with Gasteiger partial charge in [-0.15, -0.1) is 11.8 Å². The maximum atomic E-state index is 12.7. The van der Waals surface area contributed by atoms with E-state index in [0.717, 1.165) is 10.5 Å². The zero-order valence-corrected chi connectivity index (χ0v) is 13.9. The molecular weight excluding hydrogens is 314 g/mol. The van der Waals surface area contributed by atoms with Gasteiger partial charge in [0.1, 0.15) is 0 Å². The first-order valence-corrected chi connectivity index (χ1v) is 8.59. The summed E-state index contributed by atoms with van der Waals surface area (Å²) in [5.74, 6) is -0.0523. The Hall–Kier alpha value is -1.99. The molecule has 0 bridgehead atoms. The van der Waals surface area contributed by atoms with Crippen molar-refractivity contribution < 1.29 is 14.3 Å². The third-order valence-corrected chi connectivity index (χ3v) is 4.78. The van der Waals surface area contributed by atoms with Gasteiger partial charge in [-0.2, -0.15) is 0 Å². The Labute approximate surface area is 139 Å². The maximum absolute atomic E-state index is 12.7. The molecule has 0 radical (unpaired) electrons. The average molecular weight is 333 g/mol. The van der Waals surface area contributed by atoms with E-state index in [1.165, 1.54) is 0 Å². The molecule has 0 aliphatic carbocycles. The van der Waals surface area contributed by atoms with Crippen molar-refractivity contribution in [2.45, 2.75) is 10.9 Å². The van der Waals surface area contributed by atoms with Gasteiger partial charge in [0.25, 0.3) is 5.91 Å². The second-order valence-electron chi connectivity index (χ2n) is 5.42. The summed E-state index contributed by atoms with van der Waals surface area (Å²) in [7, 11) is 1.60. The monoisotopic (exact) mass is 333 g/mol. The molecule has 3 rings (SSSR count). The molecule has 3 amide bonds. The number of urea groups is 1. The van der Waals surface area contributed by atoms with Crippen LogP contribution in [0.3, 0.4) is 0 Å². The zero-order chi connectivity index (χ0) is 16.4. The highest BCUT2D eigenvalue weighted by Crippen LogP contribution is 2.33. The molecule has 122 valence electrons. The van der Waals surface area contributed by atoms with Crippen LogP contribution in [0.5, 0.6) is 0 Å². The third kappa shape index (κ3) is 3.07. The van der Waals surface area contributed by atoms with Crippen molar-refractivity contribution in [2.75, 3.05) is 33.1 Å². The van der Waals surface area contributed by atoms with E-state index < -0.39 is 6.04 Å². The summed E-state index contributed by atoms with van der Waals surface area (Å²) in [5.41, 5.74) is 2.22. The maximum Gasteiger partial charge on any atom is 0.319 e. The molecule has 2 aliphatic heterocycles. The summed E-state index contributed by atoms with van der Waals surface area (Å²) >= 11 is 1.65. The molecule has 0 aromatic heterocycles. The number of thioether (sulfide) groups is 1. The lowest BCUT2D eigenvalue weighted by molar-refractivity contribution is -0.126. The Morgan fingerprint density at radius 3 is 2.70 bits per heavy atom. The number of amides is 3.